The zero-order chi connectivity index (χ0) is 17.9. The second kappa shape index (κ2) is 7.50. The van der Waals surface area contributed by atoms with E-state index in [9.17, 15) is 18.3 Å². The summed E-state index contributed by atoms with van der Waals surface area (Å²) in [6.07, 6.45) is 1.14. The summed E-state index contributed by atoms with van der Waals surface area (Å²) in [6.45, 7) is 1.88. The number of benzene rings is 1. The number of carbonyl (C=O) groups is 1. The Morgan fingerprint density at radius 3 is 2.58 bits per heavy atom. The summed E-state index contributed by atoms with van der Waals surface area (Å²) in [5.74, 6) is -0.764. The van der Waals surface area contributed by atoms with Gasteiger partial charge in [-0.2, -0.15) is 0 Å². The smallest absolute Gasteiger partial charge is 0.307 e. The molecule has 24 heavy (non-hydrogen) atoms. The third kappa shape index (κ3) is 4.25. The van der Waals surface area contributed by atoms with Gasteiger partial charge in [-0.15, -0.1) is 0 Å². The van der Waals surface area contributed by atoms with Crippen molar-refractivity contribution in [1.82, 2.24) is 4.72 Å². The predicted molar refractivity (Wildman–Crippen MR) is 87.5 cm³/mol. The molecule has 1 aliphatic carbocycles. The van der Waals surface area contributed by atoms with Gasteiger partial charge >= 0.3 is 5.97 Å². The predicted octanol–water partition coefficient (Wildman–Crippen LogP) is 1.15. The second-order valence-corrected chi connectivity index (χ2v) is 7.76. The molecule has 0 aliphatic heterocycles. The van der Waals surface area contributed by atoms with Crippen molar-refractivity contribution in [3.8, 4) is 5.75 Å². The summed E-state index contributed by atoms with van der Waals surface area (Å²) in [4.78, 5) is 10.8. The zero-order valence-electron chi connectivity index (χ0n) is 13.7. The van der Waals surface area contributed by atoms with E-state index < -0.39 is 16.0 Å². The molecule has 1 fully saturated rings. The molecule has 3 N–H and O–H groups in total. The fourth-order valence-electron chi connectivity index (χ4n) is 2.95. The number of rotatable bonds is 8. The second-order valence-electron chi connectivity index (χ2n) is 6.08. The van der Waals surface area contributed by atoms with Crippen molar-refractivity contribution in [3.05, 3.63) is 23.8 Å². The Balaban J connectivity index is 2.27. The highest BCUT2D eigenvalue weighted by Crippen LogP contribution is 2.33. The van der Waals surface area contributed by atoms with Crippen molar-refractivity contribution < 1.29 is 28.2 Å². The number of carboxylic acid groups (broad SMARTS) is 1. The van der Waals surface area contributed by atoms with E-state index in [2.05, 4.69) is 4.72 Å². The van der Waals surface area contributed by atoms with E-state index in [1.54, 1.807) is 0 Å². The summed E-state index contributed by atoms with van der Waals surface area (Å²) >= 11 is 0. The maximum atomic E-state index is 12.7. The average molecular weight is 357 g/mol. The normalized spacial score (nSPS) is 21.8. The van der Waals surface area contributed by atoms with E-state index in [0.29, 0.717) is 24.8 Å². The van der Waals surface area contributed by atoms with Gasteiger partial charge in [0.1, 0.15) is 10.6 Å². The lowest BCUT2D eigenvalue weighted by molar-refractivity contribution is -0.136. The Morgan fingerprint density at radius 1 is 1.42 bits per heavy atom. The van der Waals surface area contributed by atoms with E-state index in [0.717, 1.165) is 0 Å². The summed E-state index contributed by atoms with van der Waals surface area (Å²) in [5, 5.41) is 18.3. The van der Waals surface area contributed by atoms with Crippen LogP contribution in [0.4, 0.5) is 0 Å². The first-order valence-electron chi connectivity index (χ1n) is 7.86. The van der Waals surface area contributed by atoms with Crippen LogP contribution in [0.15, 0.2) is 23.1 Å². The number of ether oxygens (including phenoxy) is 1. The minimum atomic E-state index is -3.86. The lowest BCUT2D eigenvalue weighted by Gasteiger charge is -2.37. The lowest BCUT2D eigenvalue weighted by Crippen LogP contribution is -2.46. The highest BCUT2D eigenvalue weighted by Gasteiger charge is 2.36. The fraction of sp³-hybridized carbons (Fsp3) is 0.562. The highest BCUT2D eigenvalue weighted by molar-refractivity contribution is 7.89. The Morgan fingerprint density at radius 2 is 2.08 bits per heavy atom. The SMILES string of the molecule is CCC(NS(=O)(=O)c1cc(CC(=O)O)ccc1OC)C1CC(O)C1. The van der Waals surface area contributed by atoms with Crippen LogP contribution in [0.2, 0.25) is 0 Å². The number of hydrogen-bond acceptors (Lipinski definition) is 5. The van der Waals surface area contributed by atoms with Crippen molar-refractivity contribution in [2.24, 2.45) is 5.92 Å². The lowest BCUT2D eigenvalue weighted by atomic mass is 9.77. The van der Waals surface area contributed by atoms with Crippen LogP contribution in [0.1, 0.15) is 31.7 Å². The molecular weight excluding hydrogens is 334 g/mol. The van der Waals surface area contributed by atoms with Crippen molar-refractivity contribution in [2.45, 2.75) is 49.6 Å². The molecule has 1 aromatic rings. The number of aliphatic hydroxyl groups excluding tert-OH is 1. The van der Waals surface area contributed by atoms with Crippen LogP contribution in [0.5, 0.6) is 5.75 Å². The van der Waals surface area contributed by atoms with Gasteiger partial charge in [-0.05, 0) is 42.9 Å². The molecule has 0 amide bonds. The van der Waals surface area contributed by atoms with E-state index in [4.69, 9.17) is 9.84 Å². The Kier molecular flexibility index (Phi) is 5.84. The number of aliphatic carboxylic acids is 1. The van der Waals surface area contributed by atoms with E-state index in [1.165, 1.54) is 25.3 Å². The van der Waals surface area contributed by atoms with Gasteiger partial charge in [0.15, 0.2) is 0 Å². The summed E-state index contributed by atoms with van der Waals surface area (Å²) in [6, 6.07) is 4.05. The number of nitrogens with one attached hydrogen (secondary N) is 1. The van der Waals surface area contributed by atoms with Gasteiger partial charge in [-0.1, -0.05) is 13.0 Å². The van der Waals surface area contributed by atoms with E-state index >= 15 is 0 Å². The maximum Gasteiger partial charge on any atom is 0.307 e. The number of methoxy groups -OCH3 is 1. The summed E-state index contributed by atoms with van der Waals surface area (Å²) in [5.41, 5.74) is 0.385. The van der Waals surface area contributed by atoms with Gasteiger partial charge in [-0.25, -0.2) is 13.1 Å². The summed E-state index contributed by atoms with van der Waals surface area (Å²) < 4.78 is 33.3. The molecule has 0 saturated heterocycles. The summed E-state index contributed by atoms with van der Waals surface area (Å²) in [7, 11) is -2.50. The van der Waals surface area contributed by atoms with Crippen LogP contribution in [-0.2, 0) is 21.2 Å². The third-order valence-electron chi connectivity index (χ3n) is 4.34. The van der Waals surface area contributed by atoms with Crippen LogP contribution in [0.3, 0.4) is 0 Å². The molecule has 8 heteroatoms. The van der Waals surface area contributed by atoms with Gasteiger partial charge in [0.05, 0.1) is 19.6 Å². The van der Waals surface area contributed by atoms with Crippen molar-refractivity contribution in [2.75, 3.05) is 7.11 Å². The Labute approximate surface area is 141 Å². The Bertz CT molecular complexity index is 697. The first-order chi connectivity index (χ1) is 11.3. The zero-order valence-corrected chi connectivity index (χ0v) is 14.5. The third-order valence-corrected chi connectivity index (χ3v) is 5.85. The van der Waals surface area contributed by atoms with Gasteiger partial charge < -0.3 is 14.9 Å². The Hall–Kier alpha value is -1.64. The van der Waals surface area contributed by atoms with Gasteiger partial charge in [0, 0.05) is 6.04 Å². The number of aliphatic hydroxyl groups is 1. The van der Waals surface area contributed by atoms with Gasteiger partial charge in [0.25, 0.3) is 0 Å². The topological polar surface area (TPSA) is 113 Å². The largest absolute Gasteiger partial charge is 0.495 e. The van der Waals surface area contributed by atoms with E-state index in [1.807, 2.05) is 6.92 Å². The van der Waals surface area contributed by atoms with Crippen LogP contribution in [0, 0.1) is 5.92 Å². The minimum Gasteiger partial charge on any atom is -0.495 e. The van der Waals surface area contributed by atoms with Crippen molar-refractivity contribution >= 4 is 16.0 Å². The van der Waals surface area contributed by atoms with Crippen LogP contribution in [-0.4, -0.2) is 43.9 Å². The number of sulfonamides is 1. The molecule has 1 aliphatic rings. The molecule has 1 aromatic carbocycles. The quantitative estimate of drug-likeness (QED) is 0.643. The molecule has 2 rings (SSSR count). The maximum absolute atomic E-state index is 12.7. The van der Waals surface area contributed by atoms with Crippen LogP contribution >= 0.6 is 0 Å². The van der Waals surface area contributed by atoms with Gasteiger partial charge in [0.2, 0.25) is 10.0 Å². The molecule has 0 heterocycles. The fourth-order valence-corrected chi connectivity index (χ4v) is 4.56. The monoisotopic (exact) mass is 357 g/mol. The first kappa shape index (κ1) is 18.7. The minimum absolute atomic E-state index is 0.0675. The standard InChI is InChI=1S/C16H23NO6S/c1-3-13(11-8-12(18)9-11)17-24(21,22)15-6-10(7-16(19)20)4-5-14(15)23-2/h4-6,11-13,17-18H,3,7-9H2,1-2H3,(H,19,20). The van der Waals surface area contributed by atoms with Crippen LogP contribution in [0.25, 0.3) is 0 Å². The molecule has 1 saturated carbocycles. The molecule has 1 atom stereocenters. The van der Waals surface area contributed by atoms with Crippen LogP contribution < -0.4 is 9.46 Å². The molecule has 0 aromatic heterocycles. The molecule has 0 radical (unpaired) electrons. The van der Waals surface area contributed by atoms with Crippen molar-refractivity contribution in [1.29, 1.82) is 0 Å². The van der Waals surface area contributed by atoms with Gasteiger partial charge in [-0.3, -0.25) is 4.79 Å². The molecule has 134 valence electrons. The molecule has 0 spiro atoms. The average Bonchev–Trinajstić information content (AvgIpc) is 2.49. The van der Waals surface area contributed by atoms with E-state index in [-0.39, 0.29) is 35.1 Å². The molecular formula is C16H23NO6S. The van der Waals surface area contributed by atoms with Crippen molar-refractivity contribution in [3.63, 3.8) is 0 Å². The number of carboxylic acids is 1. The molecule has 7 nitrogen and oxygen atoms in total. The first-order valence-corrected chi connectivity index (χ1v) is 9.34. The molecule has 0 bridgehead atoms. The highest BCUT2D eigenvalue weighted by atomic mass is 32.2. The number of hydrogen-bond donors (Lipinski definition) is 3. The molecule has 1 unspecified atom stereocenters.